The molecule has 6 rings (SSSR count). The normalized spacial score (nSPS) is 18.9. The summed E-state index contributed by atoms with van der Waals surface area (Å²) >= 11 is 0. The van der Waals surface area contributed by atoms with Crippen LogP contribution in [0.4, 0.5) is 0 Å². The van der Waals surface area contributed by atoms with Gasteiger partial charge in [-0.3, -0.25) is 0 Å². The Morgan fingerprint density at radius 3 is 1.95 bits per heavy atom. The molecule has 0 saturated carbocycles. The first-order chi connectivity index (χ1) is 19.1. The highest BCUT2D eigenvalue weighted by atomic mass is 16.5. The van der Waals surface area contributed by atoms with Crippen LogP contribution in [0.15, 0.2) is 78.9 Å². The molecule has 0 radical (unpaired) electrons. The van der Waals surface area contributed by atoms with Gasteiger partial charge in [-0.1, -0.05) is 42.5 Å². The fourth-order valence-electron chi connectivity index (χ4n) is 5.95. The van der Waals surface area contributed by atoms with Crippen molar-refractivity contribution in [3.8, 4) is 28.7 Å². The van der Waals surface area contributed by atoms with Crippen molar-refractivity contribution < 1.29 is 28.4 Å². The van der Waals surface area contributed by atoms with E-state index >= 15 is 0 Å². The Hall–Kier alpha value is -4.16. The third-order valence-corrected chi connectivity index (χ3v) is 7.78. The first kappa shape index (κ1) is 25.1. The number of methoxy groups -OCH3 is 4. The van der Waals surface area contributed by atoms with E-state index in [0.29, 0.717) is 13.2 Å². The van der Waals surface area contributed by atoms with Gasteiger partial charge in [0.1, 0.15) is 35.4 Å². The average molecular weight is 525 g/mol. The molecule has 3 atom stereocenters. The summed E-state index contributed by atoms with van der Waals surface area (Å²) in [5, 5.41) is 0. The first-order valence-corrected chi connectivity index (χ1v) is 13.0. The summed E-state index contributed by atoms with van der Waals surface area (Å²) in [4.78, 5) is 0. The summed E-state index contributed by atoms with van der Waals surface area (Å²) in [6.45, 7) is 1.04. The Morgan fingerprint density at radius 1 is 0.667 bits per heavy atom. The van der Waals surface area contributed by atoms with Crippen LogP contribution in [0, 0.1) is 0 Å². The molecule has 0 saturated heterocycles. The van der Waals surface area contributed by atoms with Crippen molar-refractivity contribution >= 4 is 0 Å². The molecular formula is C33H32O6. The molecule has 6 heteroatoms. The van der Waals surface area contributed by atoms with Crippen LogP contribution in [0.25, 0.3) is 0 Å². The molecule has 0 amide bonds. The van der Waals surface area contributed by atoms with Crippen molar-refractivity contribution in [1.82, 2.24) is 0 Å². The standard InChI is InChI=1S/C33H32O6/c1-34-23-14-25-27-19-39-33(26-15-24(35-2)16-28(36-3)31(26)27)30(32(25)29(17-23)37-4)21-10-12-22(13-11-21)38-18-20-8-6-5-7-9-20/h5-17,27,30,33H,18-19H2,1-4H3/t27-,30?,33-/m0/s1. The monoisotopic (exact) mass is 524 g/mol. The van der Waals surface area contributed by atoms with E-state index in [2.05, 4.69) is 36.4 Å². The Balaban J connectivity index is 1.48. The Morgan fingerprint density at radius 2 is 1.31 bits per heavy atom. The number of benzene rings is 4. The van der Waals surface area contributed by atoms with Gasteiger partial charge >= 0.3 is 0 Å². The molecule has 39 heavy (non-hydrogen) atoms. The molecule has 0 fully saturated rings. The smallest absolute Gasteiger partial charge is 0.126 e. The lowest BCUT2D eigenvalue weighted by atomic mass is 9.82. The first-order valence-electron chi connectivity index (χ1n) is 13.0. The van der Waals surface area contributed by atoms with Crippen molar-refractivity contribution in [2.75, 3.05) is 35.0 Å². The minimum Gasteiger partial charge on any atom is -0.497 e. The number of hydrogen-bond donors (Lipinski definition) is 0. The predicted molar refractivity (Wildman–Crippen MR) is 149 cm³/mol. The van der Waals surface area contributed by atoms with Crippen LogP contribution >= 0.6 is 0 Å². The van der Waals surface area contributed by atoms with Gasteiger partial charge in [-0.05, 0) is 46.5 Å². The third kappa shape index (κ3) is 4.45. The minimum atomic E-state index is -0.264. The lowest BCUT2D eigenvalue weighted by Gasteiger charge is -2.33. The summed E-state index contributed by atoms with van der Waals surface area (Å²) in [6.07, 6.45) is -0.264. The van der Waals surface area contributed by atoms with Gasteiger partial charge < -0.3 is 28.4 Å². The molecule has 1 heterocycles. The SMILES string of the molecule is COc1cc(OC)c2c(c1)[C@@H]1CO[C@@H](c3cc(OC)cc(OC)c31)C2c1ccc(OCc2ccccc2)cc1. The van der Waals surface area contributed by atoms with Gasteiger partial charge in [0.15, 0.2) is 0 Å². The van der Waals surface area contributed by atoms with Crippen molar-refractivity contribution in [3.05, 3.63) is 112 Å². The summed E-state index contributed by atoms with van der Waals surface area (Å²) in [6, 6.07) is 26.6. The minimum absolute atomic E-state index is 0.0467. The molecule has 2 aliphatic rings. The van der Waals surface area contributed by atoms with Crippen molar-refractivity contribution in [2.24, 2.45) is 0 Å². The second kappa shape index (κ2) is 10.5. The average Bonchev–Trinajstić information content (AvgIpc) is 3.23. The van der Waals surface area contributed by atoms with Crippen molar-refractivity contribution in [3.63, 3.8) is 0 Å². The van der Waals surface area contributed by atoms with Gasteiger partial charge in [0.2, 0.25) is 0 Å². The zero-order chi connectivity index (χ0) is 26.9. The summed E-state index contributed by atoms with van der Waals surface area (Å²) in [7, 11) is 6.76. The number of ether oxygens (including phenoxy) is 6. The topological polar surface area (TPSA) is 55.4 Å². The van der Waals surface area contributed by atoms with Gasteiger partial charge in [-0.25, -0.2) is 0 Å². The molecule has 4 aromatic rings. The molecule has 2 bridgehead atoms. The van der Waals surface area contributed by atoms with Gasteiger partial charge in [-0.2, -0.15) is 0 Å². The number of fused-ring (bicyclic) bond motifs is 2. The maximum absolute atomic E-state index is 6.65. The van der Waals surface area contributed by atoms with Crippen LogP contribution < -0.4 is 23.7 Å². The van der Waals surface area contributed by atoms with Gasteiger partial charge in [0.25, 0.3) is 0 Å². The molecular weight excluding hydrogens is 492 g/mol. The van der Waals surface area contributed by atoms with E-state index in [9.17, 15) is 0 Å². The summed E-state index contributed by atoms with van der Waals surface area (Å²) in [5.74, 6) is 3.68. The van der Waals surface area contributed by atoms with E-state index in [1.54, 1.807) is 28.4 Å². The van der Waals surface area contributed by atoms with Gasteiger partial charge in [0, 0.05) is 35.1 Å². The zero-order valence-electron chi connectivity index (χ0n) is 22.6. The van der Waals surface area contributed by atoms with Crippen LogP contribution in [0.5, 0.6) is 28.7 Å². The summed E-state index contributed by atoms with van der Waals surface area (Å²) < 4.78 is 35.9. The molecule has 6 nitrogen and oxygen atoms in total. The highest BCUT2D eigenvalue weighted by Gasteiger charge is 2.45. The van der Waals surface area contributed by atoms with E-state index in [4.69, 9.17) is 28.4 Å². The lowest BCUT2D eigenvalue weighted by Crippen LogP contribution is -2.22. The zero-order valence-corrected chi connectivity index (χ0v) is 22.6. The number of rotatable bonds is 8. The maximum atomic E-state index is 6.65. The molecule has 1 aliphatic carbocycles. The molecule has 1 aliphatic heterocycles. The summed E-state index contributed by atoms with van der Waals surface area (Å²) in [5.41, 5.74) is 6.63. The third-order valence-electron chi connectivity index (χ3n) is 7.78. The van der Waals surface area contributed by atoms with E-state index in [1.165, 1.54) is 0 Å². The van der Waals surface area contributed by atoms with Crippen LogP contribution in [0.2, 0.25) is 0 Å². The quantitative estimate of drug-likeness (QED) is 0.257. The highest BCUT2D eigenvalue weighted by Crippen LogP contribution is 2.58. The molecule has 1 unspecified atom stereocenters. The van der Waals surface area contributed by atoms with E-state index in [1.807, 2.05) is 42.5 Å². The van der Waals surface area contributed by atoms with Crippen LogP contribution in [0.1, 0.15) is 51.3 Å². The Bertz CT molecular complexity index is 1460. The van der Waals surface area contributed by atoms with E-state index in [0.717, 1.165) is 62.1 Å². The van der Waals surface area contributed by atoms with Gasteiger partial charge in [0.05, 0.1) is 41.2 Å². The number of hydrogen-bond acceptors (Lipinski definition) is 6. The molecule has 200 valence electrons. The van der Waals surface area contributed by atoms with Crippen LogP contribution in [-0.4, -0.2) is 35.0 Å². The van der Waals surface area contributed by atoms with Crippen LogP contribution in [-0.2, 0) is 11.3 Å². The molecule has 4 aromatic carbocycles. The lowest BCUT2D eigenvalue weighted by molar-refractivity contribution is 0.0292. The fourth-order valence-corrected chi connectivity index (χ4v) is 5.95. The van der Waals surface area contributed by atoms with Crippen molar-refractivity contribution in [1.29, 1.82) is 0 Å². The fraction of sp³-hybridized carbons (Fsp3) is 0.273. The predicted octanol–water partition coefficient (Wildman–Crippen LogP) is 6.65. The Kier molecular flexibility index (Phi) is 6.79. The maximum Gasteiger partial charge on any atom is 0.126 e. The van der Waals surface area contributed by atoms with Crippen LogP contribution in [0.3, 0.4) is 0 Å². The largest absolute Gasteiger partial charge is 0.497 e. The van der Waals surface area contributed by atoms with E-state index < -0.39 is 0 Å². The molecule has 0 spiro atoms. The second-order valence-electron chi connectivity index (χ2n) is 9.79. The highest BCUT2D eigenvalue weighted by molar-refractivity contribution is 5.63. The molecule has 0 N–H and O–H groups in total. The second-order valence-corrected chi connectivity index (χ2v) is 9.79. The van der Waals surface area contributed by atoms with E-state index in [-0.39, 0.29) is 17.9 Å². The van der Waals surface area contributed by atoms with Gasteiger partial charge in [-0.15, -0.1) is 0 Å². The van der Waals surface area contributed by atoms with Crippen molar-refractivity contribution in [2.45, 2.75) is 24.5 Å². The molecule has 0 aromatic heterocycles. The Labute approximate surface area is 229 Å².